The summed E-state index contributed by atoms with van der Waals surface area (Å²) < 4.78 is 0. The van der Waals surface area contributed by atoms with Crippen molar-refractivity contribution in [2.45, 2.75) is 27.9 Å². The number of amides is 2. The fourth-order valence-corrected chi connectivity index (χ4v) is 1.26. The summed E-state index contributed by atoms with van der Waals surface area (Å²) in [6.45, 7) is 4.61. The van der Waals surface area contributed by atoms with Gasteiger partial charge in [0.1, 0.15) is 0 Å². The van der Waals surface area contributed by atoms with E-state index in [2.05, 4.69) is 68.1 Å². The van der Waals surface area contributed by atoms with E-state index in [1.165, 1.54) is 47.7 Å². The van der Waals surface area contributed by atoms with Crippen LogP contribution >= 0.6 is 0 Å². The topological polar surface area (TPSA) is 249 Å². The SMILES string of the molecule is C.CCONC.CNO.CNOC.CNOC(=O)NC.CNOC(C)=O.CNOC(N)=O.CNOCc1ccccc1.[HH].[HH].[HH].[HH].[HH].[HH].[HH]. The lowest BCUT2D eigenvalue weighted by Crippen LogP contribution is -2.24. The van der Waals surface area contributed by atoms with Crippen LogP contribution in [0.4, 0.5) is 9.59 Å². The van der Waals surface area contributed by atoms with Crippen molar-refractivity contribution in [1.29, 1.82) is 0 Å². The average molecular weight is 634 g/mol. The number of hydroxylamine groups is 7. The van der Waals surface area contributed by atoms with Gasteiger partial charge in [0.15, 0.2) is 0 Å². The predicted octanol–water partition coefficient (Wildman–Crippen LogP) is 1.59. The Morgan fingerprint density at radius 2 is 1.21 bits per heavy atom. The zero-order chi connectivity index (χ0) is 33.2. The minimum Gasteiger partial charge on any atom is -0.371 e. The smallest absolute Gasteiger partial charge is 0.371 e. The van der Waals surface area contributed by atoms with Crippen molar-refractivity contribution in [3.8, 4) is 0 Å². The van der Waals surface area contributed by atoms with Gasteiger partial charge in [0, 0.05) is 73.3 Å². The van der Waals surface area contributed by atoms with Crippen molar-refractivity contribution < 1.29 is 58.6 Å². The number of carbonyl (C=O) groups is 3. The largest absolute Gasteiger partial charge is 0.425 e. The fraction of sp³-hybridized carbons (Fsp3) is 0.609. The third-order valence-corrected chi connectivity index (χ3v) is 2.57. The molecule has 1 aromatic rings. The zero-order valence-corrected chi connectivity index (χ0v) is 26.0. The lowest BCUT2D eigenvalue weighted by Gasteiger charge is -1.99. The molecule has 19 nitrogen and oxygen atoms in total. The van der Waals surface area contributed by atoms with Gasteiger partial charge >= 0.3 is 18.2 Å². The number of carbonyl (C=O) groups excluding carboxylic acids is 3. The van der Waals surface area contributed by atoms with Gasteiger partial charge in [0.2, 0.25) is 0 Å². The number of hydrogen-bond donors (Lipinski definition) is 10. The van der Waals surface area contributed by atoms with Crippen LogP contribution in [-0.2, 0) is 40.4 Å². The second kappa shape index (κ2) is 57.6. The molecule has 0 saturated carbocycles. The molecule has 0 bridgehead atoms. The van der Waals surface area contributed by atoms with E-state index in [0.717, 1.165) is 6.61 Å². The molecular weight excluding hydrogens is 562 g/mol. The van der Waals surface area contributed by atoms with E-state index in [-0.39, 0.29) is 23.4 Å². The van der Waals surface area contributed by atoms with Crippen molar-refractivity contribution >= 4 is 18.2 Å². The van der Waals surface area contributed by atoms with Gasteiger partial charge in [0.05, 0.1) is 20.3 Å². The second-order valence-electron chi connectivity index (χ2n) is 5.51. The number of nitrogens with one attached hydrogen (secondary N) is 8. The molecule has 0 saturated heterocycles. The van der Waals surface area contributed by atoms with E-state index in [1.54, 1.807) is 33.7 Å². The Kier molecular flexibility index (Phi) is 75.2. The third kappa shape index (κ3) is 90.7. The van der Waals surface area contributed by atoms with Gasteiger partial charge in [-0.1, -0.05) is 37.8 Å². The Bertz CT molecular complexity index is 633. The second-order valence-corrected chi connectivity index (χ2v) is 5.51. The van der Waals surface area contributed by atoms with Crippen LogP contribution < -0.4 is 49.4 Å². The normalized spacial score (nSPS) is 7.90. The third-order valence-electron chi connectivity index (χ3n) is 2.57. The van der Waals surface area contributed by atoms with Crippen LogP contribution in [0.2, 0.25) is 0 Å². The Balaban J connectivity index is -0.0000000243. The molecule has 0 aliphatic carbocycles. The highest BCUT2D eigenvalue weighted by atomic mass is 16.7. The number of primary amides is 1. The molecule has 42 heavy (non-hydrogen) atoms. The zero-order valence-electron chi connectivity index (χ0n) is 26.0. The van der Waals surface area contributed by atoms with Crippen LogP contribution in [0.15, 0.2) is 30.3 Å². The van der Waals surface area contributed by atoms with E-state index in [4.69, 9.17) is 10.0 Å². The first-order chi connectivity index (χ1) is 19.5. The Morgan fingerprint density at radius 3 is 1.38 bits per heavy atom. The summed E-state index contributed by atoms with van der Waals surface area (Å²) in [5, 5.41) is 9.56. The minimum atomic E-state index is -0.822. The first-order valence-corrected chi connectivity index (χ1v) is 11.7. The van der Waals surface area contributed by atoms with Gasteiger partial charge in [-0.15, -0.1) is 0 Å². The van der Waals surface area contributed by atoms with Crippen LogP contribution in [0.1, 0.15) is 36.8 Å². The van der Waals surface area contributed by atoms with Crippen LogP contribution in [0.25, 0.3) is 0 Å². The van der Waals surface area contributed by atoms with E-state index in [0.29, 0.717) is 6.61 Å². The van der Waals surface area contributed by atoms with E-state index >= 15 is 0 Å². The van der Waals surface area contributed by atoms with Crippen molar-refractivity contribution in [2.75, 3.05) is 70.1 Å². The molecule has 1 rings (SSSR count). The molecule has 0 aliphatic rings. The van der Waals surface area contributed by atoms with Crippen LogP contribution in [0, 0.1) is 0 Å². The van der Waals surface area contributed by atoms with Crippen LogP contribution in [0.3, 0.4) is 0 Å². The van der Waals surface area contributed by atoms with E-state index < -0.39 is 12.2 Å². The fourth-order valence-electron chi connectivity index (χ4n) is 1.26. The minimum absolute atomic E-state index is 0. The highest BCUT2D eigenvalue weighted by Crippen LogP contribution is 1.98. The van der Waals surface area contributed by atoms with Gasteiger partial charge in [0.25, 0.3) is 0 Å². The molecule has 0 radical (unpaired) electrons. The lowest BCUT2D eigenvalue weighted by molar-refractivity contribution is -0.147. The maximum atomic E-state index is 10.0. The highest BCUT2D eigenvalue weighted by Gasteiger charge is 1.90. The number of hydrogen-bond acceptors (Lipinski definition) is 17. The van der Waals surface area contributed by atoms with Crippen molar-refractivity contribution in [3.05, 3.63) is 35.9 Å². The predicted molar refractivity (Wildman–Crippen MR) is 175 cm³/mol. The molecule has 11 N–H and O–H groups in total. The molecule has 2 amide bonds. The summed E-state index contributed by atoms with van der Waals surface area (Å²) in [7, 11) is 14.2. The molecule has 0 heterocycles. The quantitative estimate of drug-likeness (QED) is 0.137. The van der Waals surface area contributed by atoms with Gasteiger partial charge in [-0.2, -0.15) is 16.4 Å². The number of rotatable bonds is 9. The molecule has 0 aliphatic heterocycles. The van der Waals surface area contributed by atoms with Crippen molar-refractivity contribution in [3.63, 3.8) is 0 Å². The monoisotopic (exact) mass is 634 g/mol. The summed E-state index contributed by atoms with van der Waals surface area (Å²) in [6.07, 6.45) is -1.31. The average Bonchev–Trinajstić information content (AvgIpc) is 2.95. The van der Waals surface area contributed by atoms with Gasteiger partial charge in [-0.25, -0.2) is 31.5 Å². The highest BCUT2D eigenvalue weighted by molar-refractivity contribution is 5.66. The van der Waals surface area contributed by atoms with Gasteiger partial charge in [-0.05, 0) is 12.5 Å². The summed E-state index contributed by atoms with van der Waals surface area (Å²) in [4.78, 5) is 55.4. The van der Waals surface area contributed by atoms with Crippen LogP contribution in [-0.4, -0.2) is 93.5 Å². The molecule has 19 heteroatoms. The Morgan fingerprint density at radius 1 is 0.786 bits per heavy atom. The van der Waals surface area contributed by atoms with Crippen molar-refractivity contribution in [1.82, 2.24) is 43.7 Å². The number of benzene rings is 1. The van der Waals surface area contributed by atoms with Crippen molar-refractivity contribution in [2.24, 2.45) is 5.73 Å². The first-order valence-electron chi connectivity index (χ1n) is 11.7. The molecule has 0 atom stereocenters. The molecule has 0 aromatic heterocycles. The molecule has 1 aromatic carbocycles. The van der Waals surface area contributed by atoms with Gasteiger partial charge < -0.3 is 40.4 Å². The molecule has 268 valence electrons. The van der Waals surface area contributed by atoms with Crippen LogP contribution in [0.5, 0.6) is 0 Å². The maximum absolute atomic E-state index is 10.0. The van der Waals surface area contributed by atoms with Gasteiger partial charge in [-0.3, -0.25) is 9.63 Å². The first kappa shape index (κ1) is 54.8. The summed E-state index contributed by atoms with van der Waals surface area (Å²) in [5.74, 6) is -0.322. The van der Waals surface area contributed by atoms with E-state index in [1.807, 2.05) is 37.3 Å². The number of nitrogens with two attached hydrogens (primary N) is 1. The maximum Gasteiger partial charge on any atom is 0.425 e. The summed E-state index contributed by atoms with van der Waals surface area (Å²) in [6, 6.07) is 10.0. The molecule has 0 unspecified atom stereocenters. The lowest BCUT2D eigenvalue weighted by atomic mass is 10.2. The Hall–Kier alpha value is -3.21. The summed E-state index contributed by atoms with van der Waals surface area (Å²) >= 11 is 0. The van der Waals surface area contributed by atoms with E-state index in [9.17, 15) is 14.4 Å². The molecular formula is C23H71N9O10. The summed E-state index contributed by atoms with van der Waals surface area (Å²) in [5.41, 5.74) is 21.5. The standard InChI is InChI=1S/C8H11NO.C3H8N2O2.C3H7NO2.C3H9NO.C2H6N2O2.C2H7NO.CH5NO.CH4.7H2/c1-9-10-7-8-5-3-2-4-6-8;1-4-3(6)7-5-2;1-3(5)6-4-2;1-3-5-4-2;1-4-6-2(3)5;1-3-4-2;1-2-3;;;;;;;;/h2-6,9H,7H2,1H3;5H,1-2H3,(H,4,6);4H,1-2H3;4H,3H2,1-2H3;4H,1H3,(H2,3,5);3H,1-2H3;2-3H,1H3;1H4;7*1H. The Labute approximate surface area is 260 Å². The molecule has 0 spiro atoms. The molecule has 0 fully saturated rings.